The third kappa shape index (κ3) is 3.84. The van der Waals surface area contributed by atoms with E-state index in [9.17, 15) is 0 Å². The predicted molar refractivity (Wildman–Crippen MR) is 87.1 cm³/mol. The number of alkyl halides is 1. The van der Waals surface area contributed by atoms with Crippen molar-refractivity contribution in [1.29, 1.82) is 0 Å². The maximum atomic E-state index is 4.77. The van der Waals surface area contributed by atoms with Gasteiger partial charge in [0.15, 0.2) is 0 Å². The zero-order valence-electron chi connectivity index (χ0n) is 13.2. The van der Waals surface area contributed by atoms with Crippen LogP contribution in [0.5, 0.6) is 0 Å². The van der Waals surface area contributed by atoms with Gasteiger partial charge in [-0.3, -0.25) is 4.68 Å². The van der Waals surface area contributed by atoms with E-state index in [1.807, 2.05) is 0 Å². The summed E-state index contributed by atoms with van der Waals surface area (Å²) >= 11 is 3.76. The van der Waals surface area contributed by atoms with Gasteiger partial charge in [-0.25, -0.2) is 0 Å². The SMILES string of the molecule is CCCC(CBr)(CCC)Cn1nc(C)c(CC)c1C. The van der Waals surface area contributed by atoms with E-state index in [1.165, 1.54) is 42.6 Å². The Morgan fingerprint density at radius 1 is 1.11 bits per heavy atom. The van der Waals surface area contributed by atoms with Crippen molar-refractivity contribution in [1.82, 2.24) is 9.78 Å². The maximum absolute atomic E-state index is 4.77. The first-order valence-corrected chi connectivity index (χ1v) is 8.74. The lowest BCUT2D eigenvalue weighted by Crippen LogP contribution is -2.29. The average molecular weight is 329 g/mol. The molecule has 0 aromatic carbocycles. The minimum atomic E-state index is 0.359. The van der Waals surface area contributed by atoms with Crippen LogP contribution in [-0.4, -0.2) is 15.1 Å². The Kier molecular flexibility index (Phi) is 6.58. The molecule has 110 valence electrons. The number of nitrogens with zero attached hydrogens (tertiary/aromatic N) is 2. The van der Waals surface area contributed by atoms with Crippen molar-refractivity contribution in [2.75, 3.05) is 5.33 Å². The van der Waals surface area contributed by atoms with E-state index in [1.54, 1.807) is 0 Å². The predicted octanol–water partition coefficient (Wildman–Crippen LogP) is 5.04. The molecule has 0 bridgehead atoms. The zero-order valence-corrected chi connectivity index (χ0v) is 14.8. The molecule has 0 unspecified atom stereocenters. The Balaban J connectivity index is 3.02. The molecule has 1 heterocycles. The van der Waals surface area contributed by atoms with Crippen LogP contribution >= 0.6 is 15.9 Å². The van der Waals surface area contributed by atoms with E-state index in [2.05, 4.69) is 55.2 Å². The molecule has 19 heavy (non-hydrogen) atoms. The minimum Gasteiger partial charge on any atom is -0.269 e. The van der Waals surface area contributed by atoms with E-state index >= 15 is 0 Å². The molecule has 1 aromatic rings. The molecule has 0 amide bonds. The van der Waals surface area contributed by atoms with Crippen LogP contribution in [0.3, 0.4) is 0 Å². The maximum Gasteiger partial charge on any atom is 0.0628 e. The molecule has 3 heteroatoms. The normalized spacial score (nSPS) is 12.1. The van der Waals surface area contributed by atoms with Crippen LogP contribution in [0.4, 0.5) is 0 Å². The van der Waals surface area contributed by atoms with Crippen molar-refractivity contribution in [2.45, 2.75) is 73.3 Å². The summed E-state index contributed by atoms with van der Waals surface area (Å²) in [6.07, 6.45) is 6.11. The molecule has 0 saturated carbocycles. The van der Waals surface area contributed by atoms with Gasteiger partial charge >= 0.3 is 0 Å². The molecule has 0 saturated heterocycles. The highest BCUT2D eigenvalue weighted by Crippen LogP contribution is 2.34. The molecule has 0 aliphatic rings. The Morgan fingerprint density at radius 3 is 2.05 bits per heavy atom. The Bertz CT molecular complexity index is 390. The molecular weight excluding hydrogens is 300 g/mol. The summed E-state index contributed by atoms with van der Waals surface area (Å²) in [4.78, 5) is 0. The molecule has 1 rings (SSSR count). The van der Waals surface area contributed by atoms with Crippen molar-refractivity contribution in [3.63, 3.8) is 0 Å². The topological polar surface area (TPSA) is 17.8 Å². The van der Waals surface area contributed by atoms with Gasteiger partial charge < -0.3 is 0 Å². The fraction of sp³-hybridized carbons (Fsp3) is 0.812. The smallest absolute Gasteiger partial charge is 0.0628 e. The van der Waals surface area contributed by atoms with Crippen LogP contribution in [0.25, 0.3) is 0 Å². The van der Waals surface area contributed by atoms with Gasteiger partial charge in [0.05, 0.1) is 5.69 Å². The minimum absolute atomic E-state index is 0.359. The molecule has 0 atom stereocenters. The number of aromatic nitrogens is 2. The molecule has 0 radical (unpaired) electrons. The van der Waals surface area contributed by atoms with Gasteiger partial charge in [0.1, 0.15) is 0 Å². The summed E-state index contributed by atoms with van der Waals surface area (Å²) in [5.74, 6) is 0. The standard InChI is InChI=1S/C16H29BrN2/c1-6-9-16(11-17,10-7-2)12-19-14(5)15(8-3)13(4)18-19/h6-12H2,1-5H3. The number of hydrogen-bond donors (Lipinski definition) is 0. The van der Waals surface area contributed by atoms with Crippen molar-refractivity contribution in [3.8, 4) is 0 Å². The van der Waals surface area contributed by atoms with Gasteiger partial charge in [-0.05, 0) is 44.1 Å². The summed E-state index contributed by atoms with van der Waals surface area (Å²) < 4.78 is 2.25. The van der Waals surface area contributed by atoms with Crippen LogP contribution in [0.15, 0.2) is 0 Å². The second kappa shape index (κ2) is 7.47. The highest BCUT2D eigenvalue weighted by atomic mass is 79.9. The lowest BCUT2D eigenvalue weighted by molar-refractivity contribution is 0.221. The molecule has 0 fully saturated rings. The van der Waals surface area contributed by atoms with Gasteiger partial charge in [-0.1, -0.05) is 49.5 Å². The van der Waals surface area contributed by atoms with Crippen molar-refractivity contribution in [3.05, 3.63) is 17.0 Å². The number of rotatable bonds is 8. The van der Waals surface area contributed by atoms with Gasteiger partial charge in [-0.15, -0.1) is 0 Å². The number of hydrogen-bond acceptors (Lipinski definition) is 1. The van der Waals surface area contributed by atoms with Gasteiger partial charge in [0.25, 0.3) is 0 Å². The largest absolute Gasteiger partial charge is 0.269 e. The first kappa shape index (κ1) is 16.7. The molecule has 0 aliphatic heterocycles. The van der Waals surface area contributed by atoms with Crippen molar-refractivity contribution < 1.29 is 0 Å². The van der Waals surface area contributed by atoms with E-state index < -0.39 is 0 Å². The molecule has 2 nitrogen and oxygen atoms in total. The van der Waals surface area contributed by atoms with Crippen LogP contribution in [0, 0.1) is 19.3 Å². The third-order valence-electron chi connectivity index (χ3n) is 4.21. The zero-order chi connectivity index (χ0) is 14.5. The van der Waals surface area contributed by atoms with Gasteiger partial charge in [-0.2, -0.15) is 5.10 Å². The van der Waals surface area contributed by atoms with E-state index in [4.69, 9.17) is 5.10 Å². The number of aryl methyl sites for hydroxylation is 1. The summed E-state index contributed by atoms with van der Waals surface area (Å²) in [7, 11) is 0. The van der Waals surface area contributed by atoms with E-state index in [0.29, 0.717) is 5.41 Å². The second-order valence-electron chi connectivity index (χ2n) is 5.79. The van der Waals surface area contributed by atoms with Crippen molar-refractivity contribution in [2.24, 2.45) is 5.41 Å². The molecule has 0 aliphatic carbocycles. The Labute approximate surface area is 127 Å². The third-order valence-corrected chi connectivity index (χ3v) is 5.40. The lowest BCUT2D eigenvalue weighted by atomic mass is 9.81. The molecular formula is C16H29BrN2. The Morgan fingerprint density at radius 2 is 1.68 bits per heavy atom. The lowest BCUT2D eigenvalue weighted by Gasteiger charge is -2.32. The number of halogens is 1. The highest BCUT2D eigenvalue weighted by Gasteiger charge is 2.29. The molecule has 0 N–H and O–H groups in total. The van der Waals surface area contributed by atoms with E-state index in [0.717, 1.165) is 18.3 Å². The van der Waals surface area contributed by atoms with Gasteiger partial charge in [0, 0.05) is 17.6 Å². The summed E-state index contributed by atoms with van der Waals surface area (Å²) in [6, 6.07) is 0. The first-order valence-electron chi connectivity index (χ1n) is 7.62. The molecule has 1 aromatic heterocycles. The average Bonchev–Trinajstić information content (AvgIpc) is 2.64. The highest BCUT2D eigenvalue weighted by molar-refractivity contribution is 9.09. The van der Waals surface area contributed by atoms with E-state index in [-0.39, 0.29) is 0 Å². The van der Waals surface area contributed by atoms with Crippen LogP contribution in [-0.2, 0) is 13.0 Å². The molecule has 0 spiro atoms. The van der Waals surface area contributed by atoms with Crippen LogP contribution in [0.2, 0.25) is 0 Å². The first-order chi connectivity index (χ1) is 9.03. The summed E-state index contributed by atoms with van der Waals surface area (Å²) in [6.45, 7) is 12.2. The summed E-state index contributed by atoms with van der Waals surface area (Å²) in [5, 5.41) is 5.85. The fourth-order valence-corrected chi connectivity index (χ4v) is 3.98. The Hall–Kier alpha value is -0.310. The quantitative estimate of drug-likeness (QED) is 0.611. The van der Waals surface area contributed by atoms with Crippen LogP contribution in [0.1, 0.15) is 63.4 Å². The second-order valence-corrected chi connectivity index (χ2v) is 6.35. The van der Waals surface area contributed by atoms with Crippen LogP contribution < -0.4 is 0 Å². The van der Waals surface area contributed by atoms with Gasteiger partial charge in [0.2, 0.25) is 0 Å². The monoisotopic (exact) mass is 328 g/mol. The fourth-order valence-electron chi connectivity index (χ4n) is 3.24. The van der Waals surface area contributed by atoms with Crippen molar-refractivity contribution >= 4 is 15.9 Å². The summed E-state index contributed by atoms with van der Waals surface area (Å²) in [5.41, 5.74) is 4.35.